The number of hydrogen-bond acceptors (Lipinski definition) is 5. The van der Waals surface area contributed by atoms with Crippen LogP contribution in [0.5, 0.6) is 0 Å². The van der Waals surface area contributed by atoms with Gasteiger partial charge in [-0.15, -0.1) is 0 Å². The second-order valence-corrected chi connectivity index (χ2v) is 3.95. The fourth-order valence-corrected chi connectivity index (χ4v) is 1.64. The van der Waals surface area contributed by atoms with E-state index in [0.29, 0.717) is 11.1 Å². The Morgan fingerprint density at radius 3 is 2.95 bits per heavy atom. The van der Waals surface area contributed by atoms with Gasteiger partial charge in [0.2, 0.25) is 0 Å². The summed E-state index contributed by atoms with van der Waals surface area (Å²) in [5.41, 5.74) is 1.83. The number of nitrogens with one attached hydrogen (secondary N) is 2. The lowest BCUT2D eigenvalue weighted by Crippen LogP contribution is -2.33. The molecule has 1 amide bonds. The predicted octanol–water partition coefficient (Wildman–Crippen LogP) is -0.910. The third-order valence-corrected chi connectivity index (χ3v) is 2.61. The Morgan fingerprint density at radius 1 is 1.53 bits per heavy atom. The van der Waals surface area contributed by atoms with E-state index in [2.05, 4.69) is 4.98 Å². The van der Waals surface area contributed by atoms with Crippen molar-refractivity contribution in [1.29, 1.82) is 0 Å². The Bertz CT molecular complexity index is 725. The number of hydrogen-bond donors (Lipinski definition) is 3. The van der Waals surface area contributed by atoms with Crippen LogP contribution in [0.15, 0.2) is 32.5 Å². The van der Waals surface area contributed by atoms with Gasteiger partial charge in [0.15, 0.2) is 5.76 Å². The molecule has 100 valence electrons. The van der Waals surface area contributed by atoms with E-state index in [4.69, 9.17) is 10.3 Å². The van der Waals surface area contributed by atoms with Crippen LogP contribution in [0.1, 0.15) is 21.7 Å². The molecular formula is C11H12N4O4. The van der Waals surface area contributed by atoms with Crippen molar-refractivity contribution in [2.75, 3.05) is 0 Å². The highest BCUT2D eigenvalue weighted by Crippen LogP contribution is 2.11. The van der Waals surface area contributed by atoms with E-state index in [-0.39, 0.29) is 12.3 Å². The summed E-state index contributed by atoms with van der Waals surface area (Å²) >= 11 is 0. The fraction of sp³-hybridized carbons (Fsp3) is 0.182. The predicted molar refractivity (Wildman–Crippen MR) is 65.5 cm³/mol. The molecule has 0 spiro atoms. The van der Waals surface area contributed by atoms with E-state index in [9.17, 15) is 14.4 Å². The molecule has 0 unspecified atom stereocenters. The first-order chi connectivity index (χ1) is 9.02. The molecule has 0 radical (unpaired) electrons. The number of aromatic amines is 1. The highest BCUT2D eigenvalue weighted by molar-refractivity contribution is 5.92. The molecule has 0 atom stereocenters. The Hall–Kier alpha value is -2.61. The summed E-state index contributed by atoms with van der Waals surface area (Å²) in [6.07, 6.45) is 2.74. The van der Waals surface area contributed by atoms with Crippen molar-refractivity contribution < 1.29 is 9.21 Å². The number of aromatic nitrogens is 2. The van der Waals surface area contributed by atoms with Crippen LogP contribution in [0.25, 0.3) is 0 Å². The largest absolute Gasteiger partial charge is 0.459 e. The van der Waals surface area contributed by atoms with E-state index in [1.54, 1.807) is 13.0 Å². The summed E-state index contributed by atoms with van der Waals surface area (Å²) in [4.78, 5) is 36.5. The number of furan rings is 1. The number of carbonyl (C=O) groups excluding carboxylic acids is 1. The summed E-state index contributed by atoms with van der Waals surface area (Å²) in [5.74, 6) is 4.46. The highest BCUT2D eigenvalue weighted by atomic mass is 16.3. The van der Waals surface area contributed by atoms with Gasteiger partial charge in [-0.1, -0.05) is 0 Å². The topological polar surface area (TPSA) is 123 Å². The molecule has 0 aliphatic rings. The van der Waals surface area contributed by atoms with Gasteiger partial charge in [0.1, 0.15) is 0 Å². The van der Waals surface area contributed by atoms with Gasteiger partial charge in [-0.3, -0.25) is 24.6 Å². The van der Waals surface area contributed by atoms with Crippen molar-refractivity contribution in [3.8, 4) is 0 Å². The maximum absolute atomic E-state index is 11.6. The van der Waals surface area contributed by atoms with Crippen molar-refractivity contribution >= 4 is 5.91 Å². The molecule has 4 N–H and O–H groups in total. The maximum atomic E-state index is 11.6. The summed E-state index contributed by atoms with van der Waals surface area (Å²) in [7, 11) is 0. The lowest BCUT2D eigenvalue weighted by molar-refractivity contribution is 0.0924. The fourth-order valence-electron chi connectivity index (χ4n) is 1.64. The average Bonchev–Trinajstić information content (AvgIpc) is 2.83. The molecule has 0 aliphatic heterocycles. The highest BCUT2D eigenvalue weighted by Gasteiger charge is 2.15. The third kappa shape index (κ3) is 2.47. The lowest BCUT2D eigenvalue weighted by atomic mass is 10.2. The van der Waals surface area contributed by atoms with Crippen molar-refractivity contribution in [1.82, 2.24) is 15.0 Å². The molecule has 2 aromatic rings. The molecular weight excluding hydrogens is 252 g/mol. The number of nitrogens with zero attached hydrogens (tertiary/aromatic N) is 1. The first-order valence-electron chi connectivity index (χ1n) is 5.40. The van der Waals surface area contributed by atoms with Crippen molar-refractivity contribution in [2.45, 2.75) is 13.5 Å². The van der Waals surface area contributed by atoms with E-state index in [0.717, 1.165) is 0 Å². The number of hydrazine groups is 1. The van der Waals surface area contributed by atoms with Gasteiger partial charge in [-0.25, -0.2) is 10.6 Å². The van der Waals surface area contributed by atoms with Crippen molar-refractivity contribution in [2.24, 2.45) is 5.84 Å². The smallest absolute Gasteiger partial charge is 0.328 e. The molecule has 0 fully saturated rings. The molecule has 0 bridgehead atoms. The van der Waals surface area contributed by atoms with Crippen LogP contribution in [0.3, 0.4) is 0 Å². The molecule has 8 nitrogen and oxygen atoms in total. The second kappa shape index (κ2) is 4.94. The maximum Gasteiger partial charge on any atom is 0.328 e. The van der Waals surface area contributed by atoms with E-state index in [1.165, 1.54) is 17.0 Å². The van der Waals surface area contributed by atoms with Crippen molar-refractivity contribution in [3.05, 3.63) is 56.3 Å². The van der Waals surface area contributed by atoms with Crippen molar-refractivity contribution in [3.63, 3.8) is 0 Å². The van der Waals surface area contributed by atoms with Gasteiger partial charge in [0, 0.05) is 17.3 Å². The molecule has 2 heterocycles. The van der Waals surface area contributed by atoms with E-state index >= 15 is 0 Å². The van der Waals surface area contributed by atoms with Gasteiger partial charge < -0.3 is 4.42 Å². The van der Waals surface area contributed by atoms with Crippen LogP contribution < -0.4 is 22.5 Å². The Balaban J connectivity index is 2.40. The zero-order valence-corrected chi connectivity index (χ0v) is 10.1. The quantitative estimate of drug-likeness (QED) is 0.376. The Labute approximate surface area is 106 Å². The zero-order chi connectivity index (χ0) is 14.0. The van der Waals surface area contributed by atoms with Gasteiger partial charge in [-0.2, -0.15) is 0 Å². The first kappa shape index (κ1) is 12.8. The van der Waals surface area contributed by atoms with Crippen LogP contribution in [-0.4, -0.2) is 15.5 Å². The van der Waals surface area contributed by atoms with Crippen LogP contribution in [0.2, 0.25) is 0 Å². The van der Waals surface area contributed by atoms with Crippen LogP contribution >= 0.6 is 0 Å². The molecule has 0 aliphatic carbocycles. The van der Waals surface area contributed by atoms with Crippen LogP contribution in [-0.2, 0) is 6.54 Å². The summed E-state index contributed by atoms with van der Waals surface area (Å²) < 4.78 is 6.28. The molecule has 0 saturated heterocycles. The molecule has 0 saturated carbocycles. The number of rotatable bonds is 3. The average molecular weight is 264 g/mol. The van der Waals surface area contributed by atoms with Gasteiger partial charge in [-0.05, 0) is 13.0 Å². The SMILES string of the molecule is Cc1cn(Cc2ccoc2C(=O)NN)c(=O)[nH]c1=O. The number of nitrogens with two attached hydrogens (primary N) is 1. The van der Waals surface area contributed by atoms with E-state index < -0.39 is 17.2 Å². The number of H-pyrrole nitrogens is 1. The number of amides is 1. The standard InChI is InChI=1S/C11H12N4O4/c1-6-4-15(11(18)13-9(6)16)5-7-2-3-19-8(7)10(17)14-12/h2-4H,5,12H2,1H3,(H,14,17)(H,13,16,18). The number of carbonyl (C=O) groups is 1. The second-order valence-electron chi connectivity index (χ2n) is 3.95. The molecule has 0 aromatic carbocycles. The zero-order valence-electron chi connectivity index (χ0n) is 10.1. The first-order valence-corrected chi connectivity index (χ1v) is 5.40. The minimum absolute atomic E-state index is 0.0262. The van der Waals surface area contributed by atoms with Gasteiger partial charge in [0.05, 0.1) is 12.8 Å². The summed E-state index contributed by atoms with van der Waals surface area (Å²) in [6, 6.07) is 1.55. The minimum Gasteiger partial charge on any atom is -0.459 e. The van der Waals surface area contributed by atoms with Gasteiger partial charge >= 0.3 is 11.6 Å². The minimum atomic E-state index is -0.589. The molecule has 2 rings (SSSR count). The Morgan fingerprint density at radius 2 is 2.26 bits per heavy atom. The molecule has 8 heteroatoms. The number of nitrogen functional groups attached to an aromatic ring is 1. The normalized spacial score (nSPS) is 10.4. The molecule has 19 heavy (non-hydrogen) atoms. The van der Waals surface area contributed by atoms with Crippen LogP contribution in [0.4, 0.5) is 0 Å². The third-order valence-electron chi connectivity index (χ3n) is 2.61. The van der Waals surface area contributed by atoms with Crippen LogP contribution in [0, 0.1) is 6.92 Å². The van der Waals surface area contributed by atoms with E-state index in [1.807, 2.05) is 5.43 Å². The Kier molecular flexibility index (Phi) is 3.34. The summed E-state index contributed by atoms with van der Waals surface area (Å²) in [5, 5.41) is 0. The molecule has 2 aromatic heterocycles. The summed E-state index contributed by atoms with van der Waals surface area (Å²) in [6.45, 7) is 1.67. The van der Waals surface area contributed by atoms with Gasteiger partial charge in [0.25, 0.3) is 5.56 Å². The lowest BCUT2D eigenvalue weighted by Gasteiger charge is -2.05. The number of aryl methyl sites for hydroxylation is 1. The monoisotopic (exact) mass is 264 g/mol.